The fraction of sp³-hybridized carbons (Fsp3) is 0.476. The lowest BCUT2D eigenvalue weighted by Crippen LogP contribution is -2.32. The van der Waals surface area contributed by atoms with Crippen molar-refractivity contribution in [3.05, 3.63) is 47.3 Å². The van der Waals surface area contributed by atoms with Crippen LogP contribution in [0, 0.1) is 0 Å². The summed E-state index contributed by atoms with van der Waals surface area (Å²) in [6, 6.07) is 8.09. The van der Waals surface area contributed by atoms with Crippen LogP contribution < -0.4 is 10.6 Å². The summed E-state index contributed by atoms with van der Waals surface area (Å²) < 4.78 is 0. The maximum Gasteiger partial charge on any atom is 0.270 e. The van der Waals surface area contributed by atoms with Crippen LogP contribution in [-0.4, -0.2) is 21.9 Å². The number of hydrogen-bond acceptors (Lipinski definition) is 4. The van der Waals surface area contributed by atoms with Gasteiger partial charge in [0, 0.05) is 17.9 Å². The van der Waals surface area contributed by atoms with Crippen LogP contribution >= 0.6 is 0 Å². The topological polar surface area (TPSA) is 66.9 Å². The van der Waals surface area contributed by atoms with Crippen molar-refractivity contribution < 1.29 is 4.79 Å². The van der Waals surface area contributed by atoms with E-state index in [9.17, 15) is 4.79 Å². The van der Waals surface area contributed by atoms with Gasteiger partial charge in [-0.1, -0.05) is 52.8 Å². The number of hydrogen-bond donors (Lipinski definition) is 2. The predicted octanol–water partition coefficient (Wildman–Crippen LogP) is 5.00. The number of para-hydroxylation sites is 1. The predicted molar refractivity (Wildman–Crippen MR) is 107 cm³/mol. The van der Waals surface area contributed by atoms with E-state index in [0.717, 1.165) is 12.1 Å². The van der Waals surface area contributed by atoms with Crippen LogP contribution in [0.15, 0.2) is 30.5 Å². The average Bonchev–Trinajstić information content (AvgIpc) is 2.61. The first-order valence-corrected chi connectivity index (χ1v) is 9.37. The van der Waals surface area contributed by atoms with Crippen LogP contribution in [0.1, 0.15) is 81.4 Å². The Hall–Kier alpha value is -2.43. The Morgan fingerprint density at radius 2 is 1.65 bits per heavy atom. The summed E-state index contributed by atoms with van der Waals surface area (Å²) in [5, 5.41) is 6.30. The molecule has 2 aromatic rings. The summed E-state index contributed by atoms with van der Waals surface area (Å²) in [5.41, 5.74) is 3.84. The molecule has 0 spiro atoms. The summed E-state index contributed by atoms with van der Waals surface area (Å²) in [6.45, 7) is 12.7. The normalized spacial score (nSPS) is 12.3. The monoisotopic (exact) mass is 354 g/mol. The van der Waals surface area contributed by atoms with Gasteiger partial charge < -0.3 is 10.6 Å². The molecular formula is C21H30N4O. The molecule has 1 atom stereocenters. The quantitative estimate of drug-likeness (QED) is 0.734. The van der Waals surface area contributed by atoms with Gasteiger partial charge in [-0.3, -0.25) is 4.79 Å². The summed E-state index contributed by atoms with van der Waals surface area (Å²) >= 11 is 0. The number of carbonyl (C=O) groups is 1. The minimum Gasteiger partial charge on any atom is -0.348 e. The fourth-order valence-corrected chi connectivity index (χ4v) is 2.75. The molecule has 0 bridgehead atoms. The van der Waals surface area contributed by atoms with Gasteiger partial charge in [-0.15, -0.1) is 0 Å². The number of anilines is 2. The van der Waals surface area contributed by atoms with E-state index in [2.05, 4.69) is 66.5 Å². The van der Waals surface area contributed by atoms with Gasteiger partial charge in [0.05, 0.1) is 0 Å². The van der Waals surface area contributed by atoms with E-state index in [0.29, 0.717) is 23.5 Å². The molecule has 5 heteroatoms. The molecule has 0 aliphatic carbocycles. The lowest BCUT2D eigenvalue weighted by molar-refractivity contribution is 0.0934. The molecule has 0 radical (unpaired) electrons. The van der Waals surface area contributed by atoms with Crippen LogP contribution in [0.5, 0.6) is 0 Å². The van der Waals surface area contributed by atoms with E-state index in [1.165, 1.54) is 11.1 Å². The molecular weight excluding hydrogens is 324 g/mol. The first-order valence-electron chi connectivity index (χ1n) is 9.37. The second-order valence-electron chi connectivity index (χ2n) is 7.29. The number of aromatic nitrogens is 2. The molecule has 0 aliphatic heterocycles. The Kier molecular flexibility index (Phi) is 6.72. The maximum atomic E-state index is 12.3. The third-order valence-corrected chi connectivity index (χ3v) is 4.49. The van der Waals surface area contributed by atoms with Crippen LogP contribution in [0.4, 0.5) is 11.6 Å². The number of benzene rings is 1. The Bertz CT molecular complexity index is 729. The molecule has 2 N–H and O–H groups in total. The summed E-state index contributed by atoms with van der Waals surface area (Å²) in [7, 11) is 0. The van der Waals surface area contributed by atoms with Gasteiger partial charge in [-0.05, 0) is 42.4 Å². The lowest BCUT2D eigenvalue weighted by Gasteiger charge is -2.20. The highest BCUT2D eigenvalue weighted by molar-refractivity contribution is 5.92. The van der Waals surface area contributed by atoms with Gasteiger partial charge in [0.1, 0.15) is 5.69 Å². The SMILES string of the molecule is CCC(C)NC(=O)c1ccnc(Nc2c(C(C)C)cccc2C(C)C)n1. The zero-order chi connectivity index (χ0) is 19.3. The van der Waals surface area contributed by atoms with E-state index in [1.807, 2.05) is 13.8 Å². The molecule has 1 unspecified atom stereocenters. The van der Waals surface area contributed by atoms with E-state index in [4.69, 9.17) is 0 Å². The van der Waals surface area contributed by atoms with Crippen LogP contribution in [0.2, 0.25) is 0 Å². The van der Waals surface area contributed by atoms with Crippen molar-refractivity contribution in [2.45, 2.75) is 65.8 Å². The maximum absolute atomic E-state index is 12.3. The summed E-state index contributed by atoms with van der Waals surface area (Å²) in [5.74, 6) is 1.00. The van der Waals surface area contributed by atoms with E-state index in [-0.39, 0.29) is 11.9 Å². The molecule has 2 rings (SSSR count). The number of nitrogens with one attached hydrogen (secondary N) is 2. The van der Waals surface area contributed by atoms with Crippen LogP contribution in [0.3, 0.4) is 0 Å². The Morgan fingerprint density at radius 1 is 1.04 bits per heavy atom. The molecule has 1 aromatic carbocycles. The molecule has 26 heavy (non-hydrogen) atoms. The smallest absolute Gasteiger partial charge is 0.270 e. The van der Waals surface area contributed by atoms with Gasteiger partial charge >= 0.3 is 0 Å². The Morgan fingerprint density at radius 3 is 2.19 bits per heavy atom. The molecule has 0 saturated carbocycles. The summed E-state index contributed by atoms with van der Waals surface area (Å²) in [4.78, 5) is 21.1. The molecule has 5 nitrogen and oxygen atoms in total. The highest BCUT2D eigenvalue weighted by Crippen LogP contribution is 2.33. The molecule has 1 amide bonds. The average molecular weight is 354 g/mol. The van der Waals surface area contributed by atoms with E-state index in [1.54, 1.807) is 12.3 Å². The molecule has 1 heterocycles. The zero-order valence-corrected chi connectivity index (χ0v) is 16.6. The van der Waals surface area contributed by atoms with Crippen molar-refractivity contribution in [1.82, 2.24) is 15.3 Å². The van der Waals surface area contributed by atoms with Gasteiger partial charge in [0.25, 0.3) is 5.91 Å². The van der Waals surface area contributed by atoms with Gasteiger partial charge in [0.15, 0.2) is 0 Å². The van der Waals surface area contributed by atoms with Crippen molar-refractivity contribution in [3.8, 4) is 0 Å². The number of carbonyl (C=O) groups excluding carboxylic acids is 1. The fourth-order valence-electron chi connectivity index (χ4n) is 2.75. The van der Waals surface area contributed by atoms with E-state index < -0.39 is 0 Å². The zero-order valence-electron chi connectivity index (χ0n) is 16.6. The van der Waals surface area contributed by atoms with Crippen molar-refractivity contribution in [2.75, 3.05) is 5.32 Å². The first kappa shape index (κ1) is 19.9. The van der Waals surface area contributed by atoms with Crippen molar-refractivity contribution in [1.29, 1.82) is 0 Å². The number of nitrogens with zero attached hydrogens (tertiary/aromatic N) is 2. The molecule has 140 valence electrons. The van der Waals surface area contributed by atoms with Gasteiger partial charge in [-0.25, -0.2) is 9.97 Å². The molecule has 0 fully saturated rings. The highest BCUT2D eigenvalue weighted by atomic mass is 16.1. The van der Waals surface area contributed by atoms with Crippen LogP contribution in [0.25, 0.3) is 0 Å². The molecule has 1 aromatic heterocycles. The van der Waals surface area contributed by atoms with Crippen molar-refractivity contribution in [2.24, 2.45) is 0 Å². The Labute approximate surface area is 156 Å². The minimum atomic E-state index is -0.175. The molecule has 0 aliphatic rings. The van der Waals surface area contributed by atoms with Crippen molar-refractivity contribution >= 4 is 17.5 Å². The summed E-state index contributed by atoms with van der Waals surface area (Å²) in [6.07, 6.45) is 2.50. The lowest BCUT2D eigenvalue weighted by atomic mass is 9.93. The van der Waals surface area contributed by atoms with Gasteiger partial charge in [-0.2, -0.15) is 0 Å². The Balaban J connectivity index is 2.35. The highest BCUT2D eigenvalue weighted by Gasteiger charge is 2.16. The van der Waals surface area contributed by atoms with Gasteiger partial charge in [0.2, 0.25) is 5.95 Å². The minimum absolute atomic E-state index is 0.114. The second-order valence-corrected chi connectivity index (χ2v) is 7.29. The first-order chi connectivity index (χ1) is 12.3. The third-order valence-electron chi connectivity index (χ3n) is 4.49. The van der Waals surface area contributed by atoms with Crippen LogP contribution in [-0.2, 0) is 0 Å². The number of rotatable bonds is 7. The second kappa shape index (κ2) is 8.79. The third kappa shape index (κ3) is 4.81. The van der Waals surface area contributed by atoms with E-state index >= 15 is 0 Å². The number of amides is 1. The largest absolute Gasteiger partial charge is 0.348 e. The molecule has 0 saturated heterocycles. The van der Waals surface area contributed by atoms with Crippen molar-refractivity contribution in [3.63, 3.8) is 0 Å². The standard InChI is InChI=1S/C21H30N4O/c1-7-15(6)23-20(26)18-11-12-22-21(24-18)25-19-16(13(2)3)9-8-10-17(19)14(4)5/h8-15H,7H2,1-6H3,(H,23,26)(H,22,24,25).